The van der Waals surface area contributed by atoms with Gasteiger partial charge in [-0.2, -0.15) is 5.26 Å². The van der Waals surface area contributed by atoms with Gasteiger partial charge in [-0.05, 0) is 61.3 Å². The molecule has 5 rings (SSSR count). The second kappa shape index (κ2) is 8.79. The summed E-state index contributed by atoms with van der Waals surface area (Å²) in [6, 6.07) is 13.1. The van der Waals surface area contributed by atoms with Crippen molar-refractivity contribution in [1.82, 2.24) is 15.3 Å². The van der Waals surface area contributed by atoms with Gasteiger partial charge >= 0.3 is 0 Å². The predicted octanol–water partition coefficient (Wildman–Crippen LogP) is 4.16. The molecule has 3 heterocycles. The van der Waals surface area contributed by atoms with Gasteiger partial charge in [-0.25, -0.2) is 18.4 Å². The number of thiophene rings is 1. The highest BCUT2D eigenvalue weighted by molar-refractivity contribution is 7.90. The summed E-state index contributed by atoms with van der Waals surface area (Å²) in [6.07, 6.45) is 8.91. The van der Waals surface area contributed by atoms with Crippen molar-refractivity contribution in [2.45, 2.75) is 56.2 Å². The molecule has 2 aromatic heterocycles. The molecule has 6 nitrogen and oxygen atoms in total. The fraction of sp³-hybridized carbons (Fsp3) is 0.480. The van der Waals surface area contributed by atoms with Crippen molar-refractivity contribution in [3.05, 3.63) is 58.4 Å². The largest absolute Gasteiger partial charge is 0.313 e. The number of fused-ring (bicyclic) bond motifs is 1. The third kappa shape index (κ3) is 4.68. The Kier molecular flexibility index (Phi) is 5.98. The summed E-state index contributed by atoms with van der Waals surface area (Å²) in [4.78, 5) is 10.8. The van der Waals surface area contributed by atoms with Crippen molar-refractivity contribution in [2.24, 2.45) is 5.41 Å². The van der Waals surface area contributed by atoms with Gasteiger partial charge in [0.1, 0.15) is 11.2 Å². The minimum atomic E-state index is -3.08. The molecule has 172 valence electrons. The van der Waals surface area contributed by atoms with E-state index in [9.17, 15) is 8.42 Å². The van der Waals surface area contributed by atoms with E-state index in [0.29, 0.717) is 18.4 Å². The van der Waals surface area contributed by atoms with Crippen LogP contribution in [0, 0.1) is 16.7 Å². The Hall–Kier alpha value is -2.34. The second-order valence-corrected chi connectivity index (χ2v) is 12.9. The monoisotopic (exact) mass is 480 g/mol. The van der Waals surface area contributed by atoms with Crippen LogP contribution in [-0.2, 0) is 28.4 Å². The average Bonchev–Trinajstić information content (AvgIpc) is 3.47. The van der Waals surface area contributed by atoms with Gasteiger partial charge in [-0.3, -0.25) is 0 Å². The second-order valence-electron chi connectivity index (χ2n) is 9.67. The van der Waals surface area contributed by atoms with E-state index in [-0.39, 0.29) is 11.2 Å². The average molecular weight is 481 g/mol. The first kappa shape index (κ1) is 22.5. The third-order valence-corrected chi connectivity index (χ3v) is 9.41. The van der Waals surface area contributed by atoms with E-state index in [0.717, 1.165) is 52.2 Å². The van der Waals surface area contributed by atoms with Crippen LogP contribution in [0.1, 0.15) is 53.3 Å². The van der Waals surface area contributed by atoms with E-state index in [2.05, 4.69) is 45.6 Å². The molecule has 3 unspecified atom stereocenters. The van der Waals surface area contributed by atoms with E-state index < -0.39 is 9.84 Å². The molecule has 0 radical (unpaired) electrons. The van der Waals surface area contributed by atoms with Crippen LogP contribution in [0.2, 0.25) is 0 Å². The highest BCUT2D eigenvalue weighted by atomic mass is 32.2. The molecule has 1 N–H and O–H groups in total. The molecule has 1 aromatic carbocycles. The zero-order valence-electron chi connectivity index (χ0n) is 18.8. The molecular formula is C25H28N4O2S2. The summed E-state index contributed by atoms with van der Waals surface area (Å²) in [5.74, 6) is 0.429. The van der Waals surface area contributed by atoms with Crippen LogP contribution in [-0.4, -0.2) is 37.2 Å². The van der Waals surface area contributed by atoms with Gasteiger partial charge < -0.3 is 5.32 Å². The van der Waals surface area contributed by atoms with Gasteiger partial charge in [0, 0.05) is 28.5 Å². The van der Waals surface area contributed by atoms with Crippen LogP contribution in [0.3, 0.4) is 0 Å². The number of sulfone groups is 1. The standard InChI is InChI=1S/C25H28N4O2S2/c1-33(30,31)15-20-13-21-23(28-16-29-24(21)32-20)19-6-8-25(14-19)9-11-27-22(25)12-18-4-2-17(3-5-18)7-10-26/h2-5,13,16,19,22,27H,6-9,11-12,14-15H2,1H3. The Morgan fingerprint density at radius 2 is 2.00 bits per heavy atom. The third-order valence-electron chi connectivity index (χ3n) is 7.34. The number of nitrogens with one attached hydrogen (secondary N) is 1. The lowest BCUT2D eigenvalue weighted by molar-refractivity contribution is 0.250. The number of hydrogen-bond donors (Lipinski definition) is 1. The normalized spacial score (nSPS) is 25.1. The van der Waals surface area contributed by atoms with Gasteiger partial charge in [0.2, 0.25) is 0 Å². The number of benzene rings is 1. The first-order valence-electron chi connectivity index (χ1n) is 11.4. The van der Waals surface area contributed by atoms with Gasteiger partial charge in [0.05, 0.1) is 23.9 Å². The lowest BCUT2D eigenvalue weighted by atomic mass is 9.75. The maximum atomic E-state index is 11.8. The Labute approximate surface area is 199 Å². The lowest BCUT2D eigenvalue weighted by Gasteiger charge is -2.31. The number of hydrogen-bond acceptors (Lipinski definition) is 7. The van der Waals surface area contributed by atoms with Crippen molar-refractivity contribution in [1.29, 1.82) is 5.26 Å². The molecule has 3 atom stereocenters. The van der Waals surface area contributed by atoms with Gasteiger partial charge in [0.15, 0.2) is 9.84 Å². The van der Waals surface area contributed by atoms with Crippen LogP contribution in [0.4, 0.5) is 0 Å². The van der Waals surface area contributed by atoms with Crippen molar-refractivity contribution >= 4 is 31.4 Å². The summed E-state index contributed by atoms with van der Waals surface area (Å²) in [5.41, 5.74) is 3.72. The Bertz CT molecular complexity index is 1310. The van der Waals surface area contributed by atoms with Crippen LogP contribution >= 0.6 is 11.3 Å². The molecule has 1 spiro atoms. The highest BCUT2D eigenvalue weighted by Gasteiger charge is 2.48. The highest BCUT2D eigenvalue weighted by Crippen LogP contribution is 2.53. The molecule has 2 fully saturated rings. The molecule has 1 aliphatic carbocycles. The van der Waals surface area contributed by atoms with Gasteiger partial charge in [-0.15, -0.1) is 11.3 Å². The van der Waals surface area contributed by atoms with Crippen molar-refractivity contribution in [2.75, 3.05) is 12.8 Å². The summed E-state index contributed by atoms with van der Waals surface area (Å²) in [6.45, 7) is 1.04. The molecule has 3 aromatic rings. The molecule has 1 saturated carbocycles. The molecule has 0 bridgehead atoms. The first-order valence-corrected chi connectivity index (χ1v) is 14.3. The summed E-state index contributed by atoms with van der Waals surface area (Å²) in [7, 11) is -3.08. The first-order chi connectivity index (χ1) is 15.9. The molecular weight excluding hydrogens is 452 g/mol. The summed E-state index contributed by atoms with van der Waals surface area (Å²) in [5, 5.41) is 13.7. The summed E-state index contributed by atoms with van der Waals surface area (Å²) < 4.78 is 23.6. The van der Waals surface area contributed by atoms with E-state index in [1.165, 1.54) is 36.0 Å². The molecule has 2 aliphatic rings. The topological polar surface area (TPSA) is 95.7 Å². The Morgan fingerprint density at radius 1 is 1.21 bits per heavy atom. The molecule has 1 saturated heterocycles. The van der Waals surface area contributed by atoms with E-state index in [1.54, 1.807) is 6.33 Å². The summed E-state index contributed by atoms with van der Waals surface area (Å²) >= 11 is 1.46. The van der Waals surface area contributed by atoms with E-state index in [4.69, 9.17) is 5.26 Å². The molecule has 1 aliphatic heterocycles. The molecule has 8 heteroatoms. The number of rotatable bonds is 6. The lowest BCUT2D eigenvalue weighted by Crippen LogP contribution is -2.37. The van der Waals surface area contributed by atoms with Crippen LogP contribution in [0.15, 0.2) is 36.7 Å². The molecule has 33 heavy (non-hydrogen) atoms. The minimum Gasteiger partial charge on any atom is -0.313 e. The van der Waals surface area contributed by atoms with Crippen LogP contribution in [0.5, 0.6) is 0 Å². The smallest absolute Gasteiger partial charge is 0.152 e. The fourth-order valence-corrected chi connectivity index (χ4v) is 8.08. The van der Waals surface area contributed by atoms with Gasteiger partial charge in [0.25, 0.3) is 0 Å². The maximum Gasteiger partial charge on any atom is 0.152 e. The number of nitrogens with zero attached hydrogens (tertiary/aromatic N) is 3. The quantitative estimate of drug-likeness (QED) is 0.569. The minimum absolute atomic E-state index is 0.0568. The SMILES string of the molecule is CS(=O)(=O)Cc1cc2c(C3CCC4(CCNC4Cc4ccc(CC#N)cc4)C3)ncnc2s1. The van der Waals surface area contributed by atoms with Crippen molar-refractivity contribution < 1.29 is 8.42 Å². The fourth-order valence-electron chi connectivity index (χ4n) is 5.81. The van der Waals surface area contributed by atoms with Gasteiger partial charge in [-0.1, -0.05) is 24.3 Å². The van der Waals surface area contributed by atoms with Crippen LogP contribution < -0.4 is 5.32 Å². The van der Waals surface area contributed by atoms with Crippen molar-refractivity contribution in [3.8, 4) is 6.07 Å². The van der Waals surface area contributed by atoms with E-state index >= 15 is 0 Å². The Balaban J connectivity index is 1.36. The number of aromatic nitrogens is 2. The van der Waals surface area contributed by atoms with Crippen molar-refractivity contribution in [3.63, 3.8) is 0 Å². The zero-order chi connectivity index (χ0) is 23.1. The predicted molar refractivity (Wildman–Crippen MR) is 131 cm³/mol. The zero-order valence-corrected chi connectivity index (χ0v) is 20.4. The number of nitriles is 1. The maximum absolute atomic E-state index is 11.8. The van der Waals surface area contributed by atoms with Crippen LogP contribution in [0.25, 0.3) is 10.2 Å². The Morgan fingerprint density at radius 3 is 2.76 bits per heavy atom. The van der Waals surface area contributed by atoms with E-state index in [1.807, 2.05) is 6.07 Å². The molecule has 0 amide bonds.